The minimum Gasteiger partial charge on any atom is -0.319 e. The molecule has 0 bridgehead atoms. The van der Waals surface area contributed by atoms with Crippen molar-refractivity contribution < 1.29 is 0 Å². The Kier molecular flexibility index (Phi) is 2.32. The van der Waals surface area contributed by atoms with E-state index in [1.165, 1.54) is 17.7 Å². The normalized spacial score (nSPS) is 26.0. The highest BCUT2D eigenvalue weighted by Crippen LogP contribution is 2.39. The highest BCUT2D eigenvalue weighted by molar-refractivity contribution is 5.32. The first-order valence-electron chi connectivity index (χ1n) is 4.92. The molecule has 2 unspecified atom stereocenters. The summed E-state index contributed by atoms with van der Waals surface area (Å²) in [6, 6.07) is 4.25. The molecule has 1 heterocycles. The number of hydrogen-bond acceptors (Lipinski definition) is 2. The Bertz CT molecular complexity index is 296. The van der Waals surface area contributed by atoms with Gasteiger partial charge in [-0.05, 0) is 31.0 Å². The summed E-state index contributed by atoms with van der Waals surface area (Å²) >= 11 is 0. The molecule has 0 aliphatic heterocycles. The third-order valence-corrected chi connectivity index (χ3v) is 2.88. The Morgan fingerprint density at radius 2 is 2.46 bits per heavy atom. The summed E-state index contributed by atoms with van der Waals surface area (Å²) in [7, 11) is 2.01. The van der Waals surface area contributed by atoms with Gasteiger partial charge in [0.1, 0.15) is 0 Å². The Hall–Kier alpha value is -0.890. The molecule has 0 radical (unpaired) electrons. The maximum absolute atomic E-state index is 4.47. The van der Waals surface area contributed by atoms with Crippen molar-refractivity contribution in [3.63, 3.8) is 0 Å². The lowest BCUT2D eigenvalue weighted by atomic mass is 10.0. The predicted molar refractivity (Wildman–Crippen MR) is 53.9 cm³/mol. The highest BCUT2D eigenvalue weighted by atomic mass is 14.8. The highest BCUT2D eigenvalue weighted by Gasteiger charge is 2.28. The predicted octanol–water partition coefficient (Wildman–Crippen LogP) is 1.89. The van der Waals surface area contributed by atoms with E-state index in [2.05, 4.69) is 23.3 Å². The topological polar surface area (TPSA) is 24.9 Å². The van der Waals surface area contributed by atoms with Crippen molar-refractivity contribution in [1.82, 2.24) is 10.3 Å². The number of aromatic nitrogens is 1. The number of hydrogen-bond donors (Lipinski definition) is 1. The summed E-state index contributed by atoms with van der Waals surface area (Å²) in [5.41, 5.74) is 2.76. The van der Waals surface area contributed by atoms with Crippen LogP contribution in [0.2, 0.25) is 0 Å². The molecule has 2 nitrogen and oxygen atoms in total. The molecule has 2 rings (SSSR count). The SMILES string of the molecule is CNCC1CC(C)c2cccnc21. The zero-order chi connectivity index (χ0) is 9.26. The van der Waals surface area contributed by atoms with E-state index in [9.17, 15) is 0 Å². The fourth-order valence-corrected chi connectivity index (χ4v) is 2.28. The fourth-order valence-electron chi connectivity index (χ4n) is 2.28. The van der Waals surface area contributed by atoms with Crippen LogP contribution in [0.1, 0.15) is 36.4 Å². The molecule has 1 aromatic heterocycles. The van der Waals surface area contributed by atoms with E-state index in [-0.39, 0.29) is 0 Å². The average Bonchev–Trinajstić information content (AvgIpc) is 2.46. The second-order valence-electron chi connectivity index (χ2n) is 3.87. The molecule has 2 atom stereocenters. The number of likely N-dealkylation sites (N-methyl/N-ethyl adjacent to an activating group) is 1. The summed E-state index contributed by atoms with van der Waals surface area (Å²) in [5, 5.41) is 3.23. The molecule has 1 aliphatic carbocycles. The van der Waals surface area contributed by atoms with Crippen LogP contribution in [0.3, 0.4) is 0 Å². The maximum atomic E-state index is 4.47. The monoisotopic (exact) mass is 176 g/mol. The van der Waals surface area contributed by atoms with Gasteiger partial charge in [-0.1, -0.05) is 13.0 Å². The Labute approximate surface area is 79.4 Å². The third kappa shape index (κ3) is 1.46. The van der Waals surface area contributed by atoms with Crippen LogP contribution >= 0.6 is 0 Å². The van der Waals surface area contributed by atoms with Gasteiger partial charge in [-0.25, -0.2) is 0 Å². The number of fused-ring (bicyclic) bond motifs is 1. The summed E-state index contributed by atoms with van der Waals surface area (Å²) in [5.74, 6) is 1.30. The van der Waals surface area contributed by atoms with Crippen LogP contribution in [0.4, 0.5) is 0 Å². The van der Waals surface area contributed by atoms with Gasteiger partial charge in [-0.2, -0.15) is 0 Å². The van der Waals surface area contributed by atoms with Gasteiger partial charge in [0, 0.05) is 24.4 Å². The lowest BCUT2D eigenvalue weighted by Gasteiger charge is -2.08. The number of rotatable bonds is 2. The minimum atomic E-state index is 0.621. The molecular weight excluding hydrogens is 160 g/mol. The van der Waals surface area contributed by atoms with Gasteiger partial charge >= 0.3 is 0 Å². The second kappa shape index (κ2) is 3.46. The summed E-state index contributed by atoms with van der Waals surface area (Å²) in [6.45, 7) is 3.34. The molecule has 0 saturated carbocycles. The lowest BCUT2D eigenvalue weighted by molar-refractivity contribution is 0.577. The molecule has 1 aromatic rings. The van der Waals surface area contributed by atoms with Crippen molar-refractivity contribution in [3.05, 3.63) is 29.6 Å². The van der Waals surface area contributed by atoms with E-state index in [1.807, 2.05) is 19.3 Å². The smallest absolute Gasteiger partial charge is 0.0482 e. The largest absolute Gasteiger partial charge is 0.319 e. The molecule has 0 saturated heterocycles. The van der Waals surface area contributed by atoms with E-state index in [1.54, 1.807) is 0 Å². The van der Waals surface area contributed by atoms with Gasteiger partial charge in [0.15, 0.2) is 0 Å². The van der Waals surface area contributed by atoms with E-state index in [4.69, 9.17) is 0 Å². The molecule has 0 fully saturated rings. The van der Waals surface area contributed by atoms with Crippen LogP contribution < -0.4 is 5.32 Å². The number of nitrogens with zero attached hydrogens (tertiary/aromatic N) is 1. The van der Waals surface area contributed by atoms with Crippen LogP contribution in [-0.2, 0) is 0 Å². The van der Waals surface area contributed by atoms with Crippen molar-refractivity contribution in [1.29, 1.82) is 0 Å². The first kappa shape index (κ1) is 8.70. The Morgan fingerprint density at radius 1 is 1.62 bits per heavy atom. The van der Waals surface area contributed by atoms with Crippen molar-refractivity contribution in [2.24, 2.45) is 0 Å². The average molecular weight is 176 g/mol. The first-order chi connectivity index (χ1) is 6.33. The number of nitrogens with one attached hydrogen (secondary N) is 1. The summed E-state index contributed by atoms with van der Waals surface area (Å²) in [4.78, 5) is 4.47. The van der Waals surface area contributed by atoms with Crippen molar-refractivity contribution in [2.45, 2.75) is 25.2 Å². The molecular formula is C11H16N2. The Morgan fingerprint density at radius 3 is 3.23 bits per heavy atom. The third-order valence-electron chi connectivity index (χ3n) is 2.88. The van der Waals surface area contributed by atoms with Crippen LogP contribution in [0.15, 0.2) is 18.3 Å². The quantitative estimate of drug-likeness (QED) is 0.744. The summed E-state index contributed by atoms with van der Waals surface area (Å²) < 4.78 is 0. The maximum Gasteiger partial charge on any atom is 0.0482 e. The fraction of sp³-hybridized carbons (Fsp3) is 0.545. The van der Waals surface area contributed by atoms with Crippen molar-refractivity contribution in [3.8, 4) is 0 Å². The van der Waals surface area contributed by atoms with E-state index in [0.29, 0.717) is 11.8 Å². The van der Waals surface area contributed by atoms with Crippen LogP contribution in [0.25, 0.3) is 0 Å². The van der Waals surface area contributed by atoms with Crippen LogP contribution in [-0.4, -0.2) is 18.6 Å². The van der Waals surface area contributed by atoms with E-state index < -0.39 is 0 Å². The zero-order valence-corrected chi connectivity index (χ0v) is 8.25. The second-order valence-corrected chi connectivity index (χ2v) is 3.87. The molecule has 70 valence electrons. The number of pyridine rings is 1. The van der Waals surface area contributed by atoms with Gasteiger partial charge in [-0.15, -0.1) is 0 Å². The standard InChI is InChI=1S/C11H16N2/c1-8-6-9(7-12-2)11-10(8)4-3-5-13-11/h3-5,8-9,12H,6-7H2,1-2H3. The molecule has 0 spiro atoms. The molecule has 2 heteroatoms. The molecule has 1 aliphatic rings. The van der Waals surface area contributed by atoms with Crippen LogP contribution in [0, 0.1) is 0 Å². The zero-order valence-electron chi connectivity index (χ0n) is 8.25. The van der Waals surface area contributed by atoms with Gasteiger partial charge in [0.05, 0.1) is 0 Å². The first-order valence-corrected chi connectivity index (χ1v) is 4.92. The van der Waals surface area contributed by atoms with Gasteiger partial charge in [0.2, 0.25) is 0 Å². The lowest BCUT2D eigenvalue weighted by Crippen LogP contribution is -2.15. The van der Waals surface area contributed by atoms with E-state index >= 15 is 0 Å². The van der Waals surface area contributed by atoms with Crippen molar-refractivity contribution >= 4 is 0 Å². The van der Waals surface area contributed by atoms with E-state index in [0.717, 1.165) is 6.54 Å². The summed E-state index contributed by atoms with van der Waals surface area (Å²) in [6.07, 6.45) is 3.15. The van der Waals surface area contributed by atoms with Gasteiger partial charge < -0.3 is 5.32 Å². The molecule has 0 amide bonds. The minimum absolute atomic E-state index is 0.621. The molecule has 13 heavy (non-hydrogen) atoms. The Balaban J connectivity index is 2.30. The molecule has 1 N–H and O–H groups in total. The molecule has 0 aromatic carbocycles. The van der Waals surface area contributed by atoms with Crippen LogP contribution in [0.5, 0.6) is 0 Å². The van der Waals surface area contributed by atoms with Crippen molar-refractivity contribution in [2.75, 3.05) is 13.6 Å². The van der Waals surface area contributed by atoms with Gasteiger partial charge in [0.25, 0.3) is 0 Å². The van der Waals surface area contributed by atoms with Gasteiger partial charge in [-0.3, -0.25) is 4.98 Å².